The van der Waals surface area contributed by atoms with Gasteiger partial charge in [-0.05, 0) is 43.9 Å². The predicted molar refractivity (Wildman–Crippen MR) is 90.4 cm³/mol. The van der Waals surface area contributed by atoms with E-state index in [-0.39, 0.29) is 0 Å². The molecule has 0 spiro atoms. The molecule has 0 radical (unpaired) electrons. The second kappa shape index (κ2) is 7.03. The van der Waals surface area contributed by atoms with Crippen molar-refractivity contribution in [2.75, 3.05) is 19.7 Å². The molecule has 1 aromatic carbocycles. The van der Waals surface area contributed by atoms with Crippen LogP contribution < -0.4 is 10.5 Å². The molecule has 2 N–H and O–H groups in total. The minimum Gasteiger partial charge on any atom is -0.494 e. The van der Waals surface area contributed by atoms with E-state index in [9.17, 15) is 0 Å². The van der Waals surface area contributed by atoms with Crippen LogP contribution in [-0.4, -0.2) is 36.6 Å². The summed E-state index contributed by atoms with van der Waals surface area (Å²) in [6.45, 7) is 4.84. The molecule has 1 saturated carbocycles. The fourth-order valence-corrected chi connectivity index (χ4v) is 3.24. The van der Waals surface area contributed by atoms with Crippen LogP contribution in [0.4, 0.5) is 0 Å². The summed E-state index contributed by atoms with van der Waals surface area (Å²) in [5.41, 5.74) is 7.55. The van der Waals surface area contributed by atoms with E-state index in [1.54, 1.807) is 0 Å². The van der Waals surface area contributed by atoms with Gasteiger partial charge in [0.2, 0.25) is 0 Å². The van der Waals surface area contributed by atoms with E-state index in [1.807, 2.05) is 13.0 Å². The molecule has 2 aliphatic rings. The molecule has 1 aliphatic carbocycles. The zero-order valence-electron chi connectivity index (χ0n) is 13.5. The quantitative estimate of drug-likeness (QED) is 0.686. The van der Waals surface area contributed by atoms with Gasteiger partial charge in [0.15, 0.2) is 5.96 Å². The SMILES string of the molecule is CCOc1cccc([C@@H]2C[C@H]2N=C(N)N2CCCCCC2)c1. The highest BCUT2D eigenvalue weighted by Gasteiger charge is 2.39. The van der Waals surface area contributed by atoms with Crippen molar-refractivity contribution in [1.82, 2.24) is 4.90 Å². The third-order valence-corrected chi connectivity index (χ3v) is 4.58. The van der Waals surface area contributed by atoms with Crippen LogP contribution in [0.15, 0.2) is 29.3 Å². The molecule has 4 nitrogen and oxygen atoms in total. The van der Waals surface area contributed by atoms with E-state index in [4.69, 9.17) is 15.5 Å². The summed E-state index contributed by atoms with van der Waals surface area (Å²) >= 11 is 0. The Morgan fingerprint density at radius 3 is 2.77 bits per heavy atom. The van der Waals surface area contributed by atoms with Crippen LogP contribution >= 0.6 is 0 Å². The maximum atomic E-state index is 6.23. The molecule has 2 fully saturated rings. The minimum atomic E-state index is 0.347. The Hall–Kier alpha value is -1.71. The number of aliphatic imine (C=N–C) groups is 1. The van der Waals surface area contributed by atoms with E-state index < -0.39 is 0 Å². The van der Waals surface area contributed by atoms with Gasteiger partial charge in [-0.15, -0.1) is 0 Å². The number of hydrogen-bond acceptors (Lipinski definition) is 2. The number of nitrogens with two attached hydrogens (primary N) is 1. The number of rotatable bonds is 4. The van der Waals surface area contributed by atoms with Gasteiger partial charge >= 0.3 is 0 Å². The molecule has 1 aromatic rings. The lowest BCUT2D eigenvalue weighted by Crippen LogP contribution is -2.38. The number of guanidine groups is 1. The van der Waals surface area contributed by atoms with Crippen molar-refractivity contribution in [1.29, 1.82) is 0 Å². The Kier molecular flexibility index (Phi) is 4.86. The van der Waals surface area contributed by atoms with Crippen molar-refractivity contribution < 1.29 is 4.74 Å². The number of ether oxygens (including phenoxy) is 1. The van der Waals surface area contributed by atoms with Gasteiger partial charge in [0.25, 0.3) is 0 Å². The van der Waals surface area contributed by atoms with Crippen LogP contribution in [0.1, 0.15) is 50.5 Å². The van der Waals surface area contributed by atoms with Crippen molar-refractivity contribution in [3.63, 3.8) is 0 Å². The molecule has 4 heteroatoms. The summed E-state index contributed by atoms with van der Waals surface area (Å²) in [6, 6.07) is 8.74. The summed E-state index contributed by atoms with van der Waals surface area (Å²) in [5, 5.41) is 0. The highest BCUT2D eigenvalue weighted by atomic mass is 16.5. The van der Waals surface area contributed by atoms with Crippen LogP contribution in [0.2, 0.25) is 0 Å². The second-order valence-corrected chi connectivity index (χ2v) is 6.30. The number of nitrogens with zero attached hydrogens (tertiary/aromatic N) is 2. The third kappa shape index (κ3) is 3.73. The van der Waals surface area contributed by atoms with Crippen molar-refractivity contribution in [3.05, 3.63) is 29.8 Å². The van der Waals surface area contributed by atoms with E-state index in [2.05, 4.69) is 23.1 Å². The van der Waals surface area contributed by atoms with Crippen LogP contribution in [0, 0.1) is 0 Å². The van der Waals surface area contributed by atoms with Gasteiger partial charge in [-0.2, -0.15) is 0 Å². The van der Waals surface area contributed by atoms with Gasteiger partial charge in [-0.1, -0.05) is 25.0 Å². The highest BCUT2D eigenvalue weighted by Crippen LogP contribution is 2.44. The maximum Gasteiger partial charge on any atom is 0.191 e. The fraction of sp³-hybridized carbons (Fsp3) is 0.611. The average molecular weight is 301 g/mol. The smallest absolute Gasteiger partial charge is 0.191 e. The molecule has 120 valence electrons. The Bertz CT molecular complexity index is 521. The van der Waals surface area contributed by atoms with Crippen LogP contribution in [-0.2, 0) is 0 Å². The summed E-state index contributed by atoms with van der Waals surface area (Å²) in [6.07, 6.45) is 6.21. The normalized spacial score (nSPS) is 25.7. The van der Waals surface area contributed by atoms with Gasteiger partial charge in [0, 0.05) is 19.0 Å². The molecular formula is C18H27N3O. The Balaban J connectivity index is 1.61. The van der Waals surface area contributed by atoms with E-state index in [0.29, 0.717) is 18.6 Å². The Labute approximate surface area is 133 Å². The summed E-state index contributed by atoms with van der Waals surface area (Å²) < 4.78 is 5.58. The minimum absolute atomic E-state index is 0.347. The third-order valence-electron chi connectivity index (χ3n) is 4.58. The monoisotopic (exact) mass is 301 g/mol. The first kappa shape index (κ1) is 15.2. The topological polar surface area (TPSA) is 50.9 Å². The molecule has 0 amide bonds. The van der Waals surface area contributed by atoms with Gasteiger partial charge in [-0.25, -0.2) is 4.99 Å². The van der Waals surface area contributed by atoms with E-state index >= 15 is 0 Å². The molecule has 0 aromatic heterocycles. The fourth-order valence-electron chi connectivity index (χ4n) is 3.24. The zero-order chi connectivity index (χ0) is 15.4. The molecule has 1 saturated heterocycles. The first-order valence-electron chi connectivity index (χ1n) is 8.59. The average Bonchev–Trinajstić information content (AvgIpc) is 3.30. The lowest BCUT2D eigenvalue weighted by molar-refractivity contribution is 0.340. The number of likely N-dealkylation sites (tertiary alicyclic amines) is 1. The highest BCUT2D eigenvalue weighted by molar-refractivity contribution is 5.78. The molecule has 22 heavy (non-hydrogen) atoms. The van der Waals surface area contributed by atoms with Crippen molar-refractivity contribution in [3.8, 4) is 5.75 Å². The molecule has 0 unspecified atom stereocenters. The van der Waals surface area contributed by atoms with Crippen molar-refractivity contribution >= 4 is 5.96 Å². The van der Waals surface area contributed by atoms with Gasteiger partial charge in [-0.3, -0.25) is 0 Å². The van der Waals surface area contributed by atoms with E-state index in [1.165, 1.54) is 31.2 Å². The van der Waals surface area contributed by atoms with Gasteiger partial charge in [0.05, 0.1) is 12.6 Å². The largest absolute Gasteiger partial charge is 0.494 e. The molecule has 3 rings (SSSR count). The second-order valence-electron chi connectivity index (χ2n) is 6.30. The number of hydrogen-bond donors (Lipinski definition) is 1. The molecule has 1 heterocycles. The van der Waals surface area contributed by atoms with Gasteiger partial charge in [0.1, 0.15) is 5.75 Å². The molecule has 1 aliphatic heterocycles. The summed E-state index contributed by atoms with van der Waals surface area (Å²) in [7, 11) is 0. The Morgan fingerprint density at radius 1 is 1.27 bits per heavy atom. The van der Waals surface area contributed by atoms with Crippen molar-refractivity contribution in [2.45, 2.75) is 51.0 Å². The lowest BCUT2D eigenvalue weighted by Gasteiger charge is -2.21. The molecule has 0 bridgehead atoms. The maximum absolute atomic E-state index is 6.23. The van der Waals surface area contributed by atoms with Crippen molar-refractivity contribution in [2.24, 2.45) is 10.7 Å². The van der Waals surface area contributed by atoms with Crippen LogP contribution in [0.5, 0.6) is 5.75 Å². The number of benzene rings is 1. The van der Waals surface area contributed by atoms with Crippen LogP contribution in [0.3, 0.4) is 0 Å². The predicted octanol–water partition coefficient (Wildman–Crippen LogP) is 3.13. The van der Waals surface area contributed by atoms with E-state index in [0.717, 1.165) is 31.2 Å². The standard InChI is InChI=1S/C18H27N3O/c1-2-22-15-9-7-8-14(12-15)16-13-17(16)20-18(19)21-10-5-3-4-6-11-21/h7-9,12,16-17H,2-6,10-11,13H2,1H3,(H2,19,20)/t16-,17+/m0/s1. The Morgan fingerprint density at radius 2 is 2.05 bits per heavy atom. The van der Waals surface area contributed by atoms with Gasteiger partial charge < -0.3 is 15.4 Å². The summed E-state index contributed by atoms with van der Waals surface area (Å²) in [5.74, 6) is 2.21. The van der Waals surface area contributed by atoms with Crippen LogP contribution in [0.25, 0.3) is 0 Å². The first-order valence-corrected chi connectivity index (χ1v) is 8.59. The molecular weight excluding hydrogens is 274 g/mol. The molecule has 2 atom stereocenters. The lowest BCUT2D eigenvalue weighted by atomic mass is 10.1. The summed E-state index contributed by atoms with van der Waals surface area (Å²) in [4.78, 5) is 7.03. The zero-order valence-corrected chi connectivity index (χ0v) is 13.5. The first-order chi connectivity index (χ1) is 10.8.